The van der Waals surface area contributed by atoms with Crippen molar-refractivity contribution in [1.82, 2.24) is 0 Å². The number of carbonyl (C=O) groups excluding carboxylic acids is 1. The van der Waals surface area contributed by atoms with Crippen molar-refractivity contribution in [2.75, 3.05) is 0 Å². The van der Waals surface area contributed by atoms with Gasteiger partial charge in [0.15, 0.2) is 0 Å². The number of fused-ring (bicyclic) bond motifs is 5. The zero-order valence-electron chi connectivity index (χ0n) is 18.8. The van der Waals surface area contributed by atoms with Crippen LogP contribution in [0.1, 0.15) is 91.9 Å². The minimum atomic E-state index is -0.643. The number of hydrogen-bond donors (Lipinski definition) is 1. The average molecular weight is 405 g/mol. The maximum absolute atomic E-state index is 11.4. The summed E-state index contributed by atoms with van der Waals surface area (Å²) in [7, 11) is 0. The van der Waals surface area contributed by atoms with Gasteiger partial charge in [0.2, 0.25) is 0 Å². The molecule has 164 valence electrons. The van der Waals surface area contributed by atoms with Gasteiger partial charge in [-0.05, 0) is 104 Å². The van der Waals surface area contributed by atoms with Crippen LogP contribution in [0.2, 0.25) is 0 Å². The van der Waals surface area contributed by atoms with Crippen molar-refractivity contribution in [3.8, 4) is 0 Å². The molecule has 5 unspecified atom stereocenters. The fraction of sp³-hybridized carbons (Fsp3) is 0.920. The van der Waals surface area contributed by atoms with Crippen LogP contribution in [0, 0.1) is 46.3 Å². The van der Waals surface area contributed by atoms with E-state index in [1.807, 2.05) is 0 Å². The van der Waals surface area contributed by atoms with E-state index in [9.17, 15) is 14.7 Å². The van der Waals surface area contributed by atoms with E-state index in [1.165, 1.54) is 51.9 Å². The summed E-state index contributed by atoms with van der Waals surface area (Å²) in [6, 6.07) is 0. The molecule has 0 bridgehead atoms. The molecule has 4 saturated carbocycles. The normalized spacial score (nSPS) is 47.4. The van der Waals surface area contributed by atoms with E-state index in [0.29, 0.717) is 29.1 Å². The number of carboxylic acids is 1. The van der Waals surface area contributed by atoms with E-state index >= 15 is 0 Å². The summed E-state index contributed by atoms with van der Waals surface area (Å²) >= 11 is 0. The largest absolute Gasteiger partial charge is 0.481 e. The quantitative estimate of drug-likeness (QED) is 0.612. The summed E-state index contributed by atoms with van der Waals surface area (Å²) < 4.78 is 5.59. The molecule has 0 heterocycles. The Morgan fingerprint density at radius 1 is 1.00 bits per heavy atom. The number of hydrogen-bond acceptors (Lipinski definition) is 3. The standard InChI is InChI=1S/C25H40O4/c1-15(13-23(27)28)20-7-8-21-19-6-5-17-14-18(29-16(2)26)9-11-24(17,3)22(19)10-12-25(20,21)4/h15,17-22H,5-14H2,1-4H3,(H,27,28)/t15-,17?,18-,19?,20?,21?,22?,24+,25-/m1/s1. The molecule has 0 spiro atoms. The van der Waals surface area contributed by atoms with Gasteiger partial charge in [-0.25, -0.2) is 0 Å². The minimum absolute atomic E-state index is 0.128. The van der Waals surface area contributed by atoms with Gasteiger partial charge in [0.25, 0.3) is 0 Å². The Morgan fingerprint density at radius 2 is 1.69 bits per heavy atom. The van der Waals surface area contributed by atoms with Crippen LogP contribution < -0.4 is 0 Å². The zero-order chi connectivity index (χ0) is 21.0. The lowest BCUT2D eigenvalue weighted by atomic mass is 9.44. The molecule has 0 aromatic carbocycles. The molecule has 29 heavy (non-hydrogen) atoms. The van der Waals surface area contributed by atoms with Gasteiger partial charge in [0.05, 0.1) is 0 Å². The summed E-state index contributed by atoms with van der Waals surface area (Å²) in [6.45, 7) is 8.75. The SMILES string of the molecule is CC(=O)O[C@@H]1CC[C@@]2(C)C(CCC3C2CC[C@@]2(C)C3CCC2[C@H](C)CC(=O)O)C1. The van der Waals surface area contributed by atoms with Gasteiger partial charge in [0, 0.05) is 13.3 Å². The van der Waals surface area contributed by atoms with Crippen molar-refractivity contribution < 1.29 is 19.4 Å². The molecule has 0 amide bonds. The number of rotatable bonds is 4. The first-order chi connectivity index (χ1) is 13.6. The highest BCUT2D eigenvalue weighted by molar-refractivity contribution is 5.67. The van der Waals surface area contributed by atoms with Crippen LogP contribution in [0.25, 0.3) is 0 Å². The van der Waals surface area contributed by atoms with Crippen LogP contribution in [0.5, 0.6) is 0 Å². The van der Waals surface area contributed by atoms with Gasteiger partial charge in [-0.3, -0.25) is 9.59 Å². The van der Waals surface area contributed by atoms with Gasteiger partial charge < -0.3 is 9.84 Å². The maximum Gasteiger partial charge on any atom is 0.303 e. The highest BCUT2D eigenvalue weighted by atomic mass is 16.5. The summed E-state index contributed by atoms with van der Waals surface area (Å²) in [5.74, 6) is 3.14. The second-order valence-corrected chi connectivity index (χ2v) is 11.5. The molecule has 1 N–H and O–H groups in total. The van der Waals surface area contributed by atoms with Gasteiger partial charge in [-0.15, -0.1) is 0 Å². The van der Waals surface area contributed by atoms with Crippen molar-refractivity contribution >= 4 is 11.9 Å². The van der Waals surface area contributed by atoms with Gasteiger partial charge in [0.1, 0.15) is 6.10 Å². The molecule has 4 aliphatic carbocycles. The van der Waals surface area contributed by atoms with Crippen molar-refractivity contribution in [1.29, 1.82) is 0 Å². The summed E-state index contributed by atoms with van der Waals surface area (Å²) in [5.41, 5.74) is 0.722. The molecule has 0 saturated heterocycles. The molecule has 4 nitrogen and oxygen atoms in total. The van der Waals surface area contributed by atoms with Crippen molar-refractivity contribution in [3.63, 3.8) is 0 Å². The predicted octanol–water partition coefficient (Wildman–Crippen LogP) is 5.69. The second-order valence-electron chi connectivity index (χ2n) is 11.5. The topological polar surface area (TPSA) is 63.6 Å². The van der Waals surface area contributed by atoms with Gasteiger partial charge in [-0.1, -0.05) is 20.8 Å². The van der Waals surface area contributed by atoms with Crippen molar-refractivity contribution in [2.24, 2.45) is 46.3 Å². The van der Waals surface area contributed by atoms with Crippen molar-refractivity contribution in [3.05, 3.63) is 0 Å². The van der Waals surface area contributed by atoms with Crippen LogP contribution in [0.15, 0.2) is 0 Å². The van der Waals surface area contributed by atoms with E-state index in [-0.39, 0.29) is 18.0 Å². The molecule has 4 rings (SSSR count). The number of ether oxygens (including phenoxy) is 1. The molecule has 0 aromatic heterocycles. The van der Waals surface area contributed by atoms with E-state index in [4.69, 9.17) is 4.74 Å². The second kappa shape index (κ2) is 7.57. The molecule has 4 heteroatoms. The first-order valence-electron chi connectivity index (χ1n) is 12.0. The van der Waals surface area contributed by atoms with E-state index in [0.717, 1.165) is 30.6 Å². The van der Waals surface area contributed by atoms with E-state index < -0.39 is 5.97 Å². The van der Waals surface area contributed by atoms with E-state index in [2.05, 4.69) is 20.8 Å². The third-order valence-electron chi connectivity index (χ3n) is 10.2. The summed E-state index contributed by atoms with van der Waals surface area (Å²) in [6.07, 6.45) is 11.4. The molecular formula is C25H40O4. The van der Waals surface area contributed by atoms with Gasteiger partial charge >= 0.3 is 11.9 Å². The Morgan fingerprint density at radius 3 is 2.38 bits per heavy atom. The lowest BCUT2D eigenvalue weighted by molar-refractivity contribution is -0.161. The predicted molar refractivity (Wildman–Crippen MR) is 112 cm³/mol. The molecule has 9 atom stereocenters. The third kappa shape index (κ3) is 3.53. The number of aliphatic carboxylic acids is 1. The molecular weight excluding hydrogens is 364 g/mol. The number of carboxylic acid groups (broad SMARTS) is 1. The van der Waals surface area contributed by atoms with Crippen molar-refractivity contribution in [2.45, 2.75) is 98.0 Å². The maximum atomic E-state index is 11.4. The Hall–Kier alpha value is -1.06. The molecule has 4 aliphatic rings. The monoisotopic (exact) mass is 404 g/mol. The fourth-order valence-corrected chi connectivity index (χ4v) is 8.95. The van der Waals surface area contributed by atoms with Gasteiger partial charge in [-0.2, -0.15) is 0 Å². The lowest BCUT2D eigenvalue weighted by Gasteiger charge is -2.61. The lowest BCUT2D eigenvalue weighted by Crippen LogP contribution is -2.54. The third-order valence-corrected chi connectivity index (χ3v) is 10.2. The highest BCUT2D eigenvalue weighted by Crippen LogP contribution is 2.68. The van der Waals surface area contributed by atoms with Crippen LogP contribution >= 0.6 is 0 Å². The Balaban J connectivity index is 1.50. The van der Waals surface area contributed by atoms with Crippen LogP contribution in [-0.2, 0) is 14.3 Å². The van der Waals surface area contributed by atoms with Crippen LogP contribution in [-0.4, -0.2) is 23.1 Å². The number of esters is 1. The van der Waals surface area contributed by atoms with E-state index in [1.54, 1.807) is 0 Å². The summed E-state index contributed by atoms with van der Waals surface area (Å²) in [4.78, 5) is 22.8. The zero-order valence-corrected chi connectivity index (χ0v) is 18.8. The first kappa shape index (κ1) is 21.2. The molecule has 0 aliphatic heterocycles. The summed E-state index contributed by atoms with van der Waals surface area (Å²) in [5, 5.41) is 9.32. The fourth-order valence-electron chi connectivity index (χ4n) is 8.95. The van der Waals surface area contributed by atoms with Crippen LogP contribution in [0.4, 0.5) is 0 Å². The Labute approximate surface area is 176 Å². The van der Waals surface area contributed by atoms with Crippen LogP contribution in [0.3, 0.4) is 0 Å². The average Bonchev–Trinajstić information content (AvgIpc) is 2.98. The molecule has 0 radical (unpaired) electrons. The Kier molecular flexibility index (Phi) is 5.53. The highest BCUT2D eigenvalue weighted by Gasteiger charge is 2.60. The minimum Gasteiger partial charge on any atom is -0.481 e. The first-order valence-corrected chi connectivity index (χ1v) is 12.0. The Bertz CT molecular complexity index is 659. The number of carbonyl (C=O) groups is 2. The molecule has 0 aromatic rings. The smallest absolute Gasteiger partial charge is 0.303 e. The molecule has 4 fully saturated rings.